The topological polar surface area (TPSA) is 255 Å². The summed E-state index contributed by atoms with van der Waals surface area (Å²) in [6, 6.07) is 1.39. The lowest BCUT2D eigenvalue weighted by Crippen LogP contribution is -2.41. The fraction of sp³-hybridized carbons (Fsp3) is 0.500. The fourth-order valence-corrected chi connectivity index (χ4v) is 8.04. The number of nitrogen functional groups attached to an aromatic ring is 2. The predicted octanol–water partition coefficient (Wildman–Crippen LogP) is 0.143. The molecule has 0 spiro atoms. The van der Waals surface area contributed by atoms with Gasteiger partial charge < -0.3 is 39.8 Å². The van der Waals surface area contributed by atoms with E-state index in [1.807, 2.05) is 0 Å². The summed E-state index contributed by atoms with van der Waals surface area (Å²) < 4.78 is 82.3. The van der Waals surface area contributed by atoms with Crippen molar-refractivity contribution in [2.24, 2.45) is 0 Å². The van der Waals surface area contributed by atoms with E-state index < -0.39 is 81.2 Å². The highest BCUT2D eigenvalue weighted by molar-refractivity contribution is 8.07. The Labute approximate surface area is 263 Å². The van der Waals surface area contributed by atoms with Crippen molar-refractivity contribution in [2.45, 2.75) is 49.0 Å². The maximum atomic E-state index is 16.0. The van der Waals surface area contributed by atoms with E-state index in [4.69, 9.17) is 62.6 Å². The predicted molar refractivity (Wildman–Crippen MR) is 155 cm³/mol. The molecule has 9 atom stereocenters. The highest BCUT2D eigenvalue weighted by Gasteiger charge is 2.63. The minimum Gasteiger partial charge on any atom is -0.397 e. The Morgan fingerprint density at radius 1 is 1.04 bits per heavy atom. The second kappa shape index (κ2) is 11.2. The van der Waals surface area contributed by atoms with Crippen molar-refractivity contribution in [2.75, 3.05) is 24.7 Å². The molecule has 4 aromatic heterocycles. The van der Waals surface area contributed by atoms with Crippen LogP contribution in [0, 0.1) is 0 Å². The van der Waals surface area contributed by atoms with Crippen LogP contribution in [0.15, 0.2) is 23.4 Å². The number of anilines is 2. The van der Waals surface area contributed by atoms with Crippen LogP contribution in [0.4, 0.5) is 24.8 Å². The molecule has 0 saturated carbocycles. The first kappa shape index (κ1) is 31.8. The summed E-state index contributed by atoms with van der Waals surface area (Å²) in [7, 11) is 0. The van der Waals surface area contributed by atoms with Gasteiger partial charge in [-0.3, -0.25) is 23.4 Å². The SMILES string of the molecule is Nc1nc2c(ncn2[C@@H]2O[C@@H]3COP(O)(=S)O[C@@H]4[C@@H](COP(O)(=S)O[C@@H]2[C@@H]3F)O[C@@H](n2nnc3c(N)ccnc32)C4(F)F)c(=O)[nH]1. The fourth-order valence-electron chi connectivity index (χ4n) is 5.21. The van der Waals surface area contributed by atoms with Crippen LogP contribution >= 0.6 is 13.4 Å². The number of nitrogens with zero attached hydrogens (tertiary/aromatic N) is 7. The van der Waals surface area contributed by atoms with Crippen molar-refractivity contribution in [1.29, 1.82) is 0 Å². The van der Waals surface area contributed by atoms with E-state index in [2.05, 4.69) is 30.2 Å². The van der Waals surface area contributed by atoms with Gasteiger partial charge in [-0.05, 0) is 29.7 Å². The standard InChI is InChI=1S/C20H21F3N10O9P2S2/c21-9-7-3-37-44(36,46)42-13-8(40-18(20(13,22)23)33-14-10(30-31-33)6(24)1-2-26-14)4-38-43(35,45)41-12(9)17(39-7)32-5-27-11-15(32)28-19(25)29-16(11)34/h1-2,5,7-9,12-13,17-18H,3-4H2,(H2,24,26)(H,35,45)(H,36,46)(H3,25,28,29,34)/t7-,8-,9-,12-,13-,17-,18-,43?,44?/m1/s1. The lowest BCUT2D eigenvalue weighted by Gasteiger charge is -2.28. The molecular formula is C20H21F3N10O9P2S2. The zero-order chi connectivity index (χ0) is 32.8. The minimum absolute atomic E-state index is 0.00930. The molecule has 0 radical (unpaired) electrons. The molecule has 3 aliphatic heterocycles. The van der Waals surface area contributed by atoms with Gasteiger partial charge in [0.2, 0.25) is 12.2 Å². The molecule has 3 aliphatic rings. The molecule has 26 heteroatoms. The molecule has 19 nitrogen and oxygen atoms in total. The van der Waals surface area contributed by atoms with Gasteiger partial charge in [0.05, 0.1) is 25.2 Å². The monoisotopic (exact) mass is 728 g/mol. The van der Waals surface area contributed by atoms with Gasteiger partial charge in [0.25, 0.3) is 5.56 Å². The minimum atomic E-state index is -4.61. The quantitative estimate of drug-likeness (QED) is 0.172. The average molecular weight is 729 g/mol. The summed E-state index contributed by atoms with van der Waals surface area (Å²) in [5, 5.41) is 7.49. The lowest BCUT2D eigenvalue weighted by atomic mass is 10.1. The first-order valence-corrected chi connectivity index (χ1v) is 18.2. The second-order valence-electron chi connectivity index (χ2n) is 10.2. The van der Waals surface area contributed by atoms with Gasteiger partial charge in [-0.2, -0.15) is 18.4 Å². The molecule has 7 heterocycles. The first-order valence-electron chi connectivity index (χ1n) is 13.0. The number of imidazole rings is 1. The van der Waals surface area contributed by atoms with Crippen molar-refractivity contribution in [1.82, 2.24) is 39.5 Å². The number of nitrogens with two attached hydrogens (primary N) is 2. The number of hydrogen-bond acceptors (Lipinski definition) is 16. The number of rotatable bonds is 2. The van der Waals surface area contributed by atoms with Gasteiger partial charge in [-0.15, -0.1) is 5.10 Å². The summed E-state index contributed by atoms with van der Waals surface area (Å²) in [4.78, 5) is 48.3. The van der Waals surface area contributed by atoms with Gasteiger partial charge in [0.1, 0.15) is 18.3 Å². The third kappa shape index (κ3) is 5.41. The summed E-state index contributed by atoms with van der Waals surface area (Å²) in [6.45, 7) is -10.9. The van der Waals surface area contributed by atoms with Crippen LogP contribution in [-0.2, 0) is 51.2 Å². The van der Waals surface area contributed by atoms with Gasteiger partial charge >= 0.3 is 19.4 Å². The van der Waals surface area contributed by atoms with E-state index in [0.29, 0.717) is 4.68 Å². The summed E-state index contributed by atoms with van der Waals surface area (Å²) >= 11 is 10.1. The number of aromatic nitrogens is 8. The molecule has 0 aliphatic carbocycles. The molecule has 46 heavy (non-hydrogen) atoms. The van der Waals surface area contributed by atoms with Crippen molar-refractivity contribution < 1.29 is 50.5 Å². The molecule has 248 valence electrons. The molecule has 0 aromatic carbocycles. The number of alkyl halides is 3. The van der Waals surface area contributed by atoms with Crippen molar-refractivity contribution in [3.63, 3.8) is 0 Å². The third-order valence-electron chi connectivity index (χ3n) is 7.26. The normalized spacial score (nSPS) is 36.7. The Bertz CT molecular complexity index is 2000. The van der Waals surface area contributed by atoms with Crippen molar-refractivity contribution in [3.05, 3.63) is 28.9 Å². The molecule has 2 unspecified atom stereocenters. The number of nitrogens with one attached hydrogen (secondary N) is 1. The van der Waals surface area contributed by atoms with Crippen LogP contribution < -0.4 is 17.0 Å². The third-order valence-corrected chi connectivity index (χ3v) is 10.4. The van der Waals surface area contributed by atoms with Crippen LogP contribution in [-0.4, -0.2) is 99.0 Å². The number of halogens is 3. The maximum absolute atomic E-state index is 16.0. The number of pyridine rings is 1. The van der Waals surface area contributed by atoms with Gasteiger partial charge in [0.15, 0.2) is 40.8 Å². The van der Waals surface area contributed by atoms with Crippen LogP contribution in [0.25, 0.3) is 22.3 Å². The van der Waals surface area contributed by atoms with E-state index in [1.54, 1.807) is 0 Å². The number of fused-ring (bicyclic) bond motifs is 5. The van der Waals surface area contributed by atoms with E-state index in [0.717, 1.165) is 10.9 Å². The van der Waals surface area contributed by atoms with Crippen LogP contribution in [0.5, 0.6) is 0 Å². The van der Waals surface area contributed by atoms with Crippen molar-refractivity contribution >= 4 is 71.0 Å². The van der Waals surface area contributed by atoms with Crippen LogP contribution in [0.3, 0.4) is 0 Å². The Kier molecular flexibility index (Phi) is 7.74. The molecule has 7 rings (SSSR count). The average Bonchev–Trinajstić information content (AvgIpc) is 3.71. The number of H-pyrrole nitrogens is 1. The molecule has 4 aromatic rings. The molecule has 3 fully saturated rings. The van der Waals surface area contributed by atoms with Crippen LogP contribution in [0.2, 0.25) is 0 Å². The Hall–Kier alpha value is -2.73. The van der Waals surface area contributed by atoms with Crippen molar-refractivity contribution in [3.8, 4) is 0 Å². The van der Waals surface area contributed by atoms with Gasteiger partial charge in [-0.1, -0.05) is 5.21 Å². The summed E-state index contributed by atoms with van der Waals surface area (Å²) in [5.41, 5.74) is 10.4. The molecule has 0 amide bonds. The number of hydrogen-bond donors (Lipinski definition) is 5. The summed E-state index contributed by atoms with van der Waals surface area (Å²) in [5.74, 6) is -4.31. The first-order chi connectivity index (χ1) is 21.6. The van der Waals surface area contributed by atoms with Gasteiger partial charge in [-0.25, -0.2) is 14.4 Å². The smallest absolute Gasteiger partial charge is 0.325 e. The number of aromatic amines is 1. The Morgan fingerprint density at radius 3 is 2.52 bits per heavy atom. The van der Waals surface area contributed by atoms with E-state index in [9.17, 15) is 14.6 Å². The second-order valence-corrected chi connectivity index (χ2v) is 15.8. The molecular weight excluding hydrogens is 707 g/mol. The van der Waals surface area contributed by atoms with Crippen LogP contribution in [0.1, 0.15) is 12.5 Å². The van der Waals surface area contributed by atoms with E-state index in [1.165, 1.54) is 12.3 Å². The Balaban J connectivity index is 1.23. The highest BCUT2D eigenvalue weighted by Crippen LogP contribution is 2.57. The lowest BCUT2D eigenvalue weighted by molar-refractivity contribution is -0.140. The zero-order valence-corrected chi connectivity index (χ0v) is 26.0. The molecule has 3 saturated heterocycles. The highest BCUT2D eigenvalue weighted by atomic mass is 32.5. The number of ether oxygens (including phenoxy) is 2. The molecule has 7 N–H and O–H groups in total. The van der Waals surface area contributed by atoms with E-state index in [-0.39, 0.29) is 34.0 Å². The summed E-state index contributed by atoms with van der Waals surface area (Å²) in [6.07, 6.45) is -11.1. The maximum Gasteiger partial charge on any atom is 0.325 e. The van der Waals surface area contributed by atoms with E-state index >= 15 is 13.2 Å². The zero-order valence-electron chi connectivity index (χ0n) is 22.6. The Morgan fingerprint density at radius 2 is 1.76 bits per heavy atom. The molecule has 2 bridgehead atoms. The largest absolute Gasteiger partial charge is 0.397 e. The van der Waals surface area contributed by atoms with Gasteiger partial charge in [0, 0.05) is 6.20 Å².